The van der Waals surface area contributed by atoms with Crippen molar-refractivity contribution in [3.63, 3.8) is 0 Å². The van der Waals surface area contributed by atoms with E-state index in [2.05, 4.69) is 25.4 Å². The van der Waals surface area contributed by atoms with Crippen molar-refractivity contribution in [2.75, 3.05) is 26.2 Å². The van der Waals surface area contributed by atoms with Crippen LogP contribution >= 0.6 is 0 Å². The summed E-state index contributed by atoms with van der Waals surface area (Å²) in [7, 11) is 0. The van der Waals surface area contributed by atoms with Crippen LogP contribution in [0.3, 0.4) is 0 Å². The van der Waals surface area contributed by atoms with Crippen molar-refractivity contribution >= 4 is 0 Å². The van der Waals surface area contributed by atoms with Gasteiger partial charge < -0.3 is 11.1 Å². The van der Waals surface area contributed by atoms with Crippen molar-refractivity contribution in [1.82, 2.24) is 25.4 Å². The summed E-state index contributed by atoms with van der Waals surface area (Å²) < 4.78 is 13.4. The normalized spacial score (nSPS) is 17.9. The van der Waals surface area contributed by atoms with E-state index in [-0.39, 0.29) is 5.82 Å². The Kier molecular flexibility index (Phi) is 5.24. The molecule has 6 nitrogen and oxygen atoms in total. The Morgan fingerprint density at radius 2 is 1.89 bits per heavy atom. The molecule has 3 heterocycles. The summed E-state index contributed by atoms with van der Waals surface area (Å²) in [5, 5.41) is 11.2. The van der Waals surface area contributed by atoms with E-state index >= 15 is 0 Å². The summed E-state index contributed by atoms with van der Waals surface area (Å²) in [6, 6.07) is 10.7. The standard InChI is InChI=1S/C20H23FN6/c21-16-3-1-15(2-4-16)20-19(14-5-7-23-8-6-14)18(25-26-20)13-27-10-9-24-12-17(27)11-22/h1-8,17,24H,9-13,22H2,(H,25,26). The van der Waals surface area contributed by atoms with Gasteiger partial charge in [0.2, 0.25) is 0 Å². The number of H-pyrrole nitrogens is 1. The number of aromatic nitrogens is 3. The Labute approximate surface area is 157 Å². The van der Waals surface area contributed by atoms with Gasteiger partial charge in [0, 0.05) is 62.3 Å². The maximum Gasteiger partial charge on any atom is 0.123 e. The van der Waals surface area contributed by atoms with Gasteiger partial charge in [0.25, 0.3) is 0 Å². The predicted molar refractivity (Wildman–Crippen MR) is 103 cm³/mol. The van der Waals surface area contributed by atoms with Gasteiger partial charge in [0.15, 0.2) is 0 Å². The Morgan fingerprint density at radius 1 is 1.11 bits per heavy atom. The minimum atomic E-state index is -0.258. The van der Waals surface area contributed by atoms with Crippen LogP contribution in [0, 0.1) is 5.82 Å². The smallest absolute Gasteiger partial charge is 0.123 e. The number of rotatable bonds is 5. The third-order valence-corrected chi connectivity index (χ3v) is 5.03. The van der Waals surface area contributed by atoms with Gasteiger partial charge in [0.05, 0.1) is 5.69 Å². The molecule has 140 valence electrons. The summed E-state index contributed by atoms with van der Waals surface area (Å²) in [5.41, 5.74) is 10.7. The predicted octanol–water partition coefficient (Wildman–Crippen LogP) is 2.01. The lowest BCUT2D eigenvalue weighted by Gasteiger charge is -2.35. The lowest BCUT2D eigenvalue weighted by atomic mass is 9.99. The Balaban J connectivity index is 1.74. The average molecular weight is 366 g/mol. The van der Waals surface area contributed by atoms with Crippen LogP contribution in [0.15, 0.2) is 48.8 Å². The zero-order chi connectivity index (χ0) is 18.6. The maximum absolute atomic E-state index is 13.4. The molecule has 0 spiro atoms. The van der Waals surface area contributed by atoms with Gasteiger partial charge in [-0.05, 0) is 42.0 Å². The second-order valence-corrected chi connectivity index (χ2v) is 6.73. The third kappa shape index (κ3) is 3.75. The molecule has 0 aliphatic carbocycles. The monoisotopic (exact) mass is 366 g/mol. The van der Waals surface area contributed by atoms with Gasteiger partial charge in [-0.1, -0.05) is 0 Å². The van der Waals surface area contributed by atoms with Crippen LogP contribution in [-0.4, -0.2) is 52.3 Å². The van der Waals surface area contributed by atoms with E-state index in [1.54, 1.807) is 24.5 Å². The molecule has 1 aromatic carbocycles. The third-order valence-electron chi connectivity index (χ3n) is 5.03. The zero-order valence-electron chi connectivity index (χ0n) is 15.0. The number of nitrogens with one attached hydrogen (secondary N) is 2. The molecule has 1 atom stereocenters. The van der Waals surface area contributed by atoms with E-state index in [1.807, 2.05) is 12.1 Å². The van der Waals surface area contributed by atoms with E-state index in [0.717, 1.165) is 54.3 Å². The largest absolute Gasteiger partial charge is 0.329 e. The van der Waals surface area contributed by atoms with E-state index in [4.69, 9.17) is 5.73 Å². The highest BCUT2D eigenvalue weighted by molar-refractivity contribution is 5.82. The fourth-order valence-electron chi connectivity index (χ4n) is 3.59. The molecule has 0 bridgehead atoms. The number of aromatic amines is 1. The van der Waals surface area contributed by atoms with Crippen LogP contribution in [0.25, 0.3) is 22.4 Å². The number of piperazine rings is 1. The van der Waals surface area contributed by atoms with Gasteiger partial charge in [-0.15, -0.1) is 0 Å². The average Bonchev–Trinajstić information content (AvgIpc) is 3.13. The number of nitrogens with two attached hydrogens (primary N) is 1. The fraction of sp³-hybridized carbons (Fsp3) is 0.300. The molecule has 1 unspecified atom stereocenters. The number of nitrogens with zero attached hydrogens (tertiary/aromatic N) is 3. The molecule has 27 heavy (non-hydrogen) atoms. The van der Waals surface area contributed by atoms with E-state index < -0.39 is 0 Å². The van der Waals surface area contributed by atoms with Crippen molar-refractivity contribution < 1.29 is 4.39 Å². The molecular formula is C20H23FN6. The van der Waals surface area contributed by atoms with Crippen LogP contribution in [-0.2, 0) is 6.54 Å². The lowest BCUT2D eigenvalue weighted by molar-refractivity contribution is 0.156. The Bertz CT molecular complexity index is 877. The van der Waals surface area contributed by atoms with Gasteiger partial charge in [0.1, 0.15) is 11.5 Å². The molecule has 1 saturated heterocycles. The zero-order valence-corrected chi connectivity index (χ0v) is 15.0. The van der Waals surface area contributed by atoms with Gasteiger partial charge in [-0.25, -0.2) is 4.39 Å². The van der Waals surface area contributed by atoms with Crippen molar-refractivity contribution in [2.45, 2.75) is 12.6 Å². The summed E-state index contributed by atoms with van der Waals surface area (Å²) in [6.07, 6.45) is 3.54. The summed E-state index contributed by atoms with van der Waals surface area (Å²) >= 11 is 0. The van der Waals surface area contributed by atoms with Crippen molar-refractivity contribution in [3.8, 4) is 22.4 Å². The minimum absolute atomic E-state index is 0.258. The van der Waals surface area contributed by atoms with Gasteiger partial charge in [-0.2, -0.15) is 5.10 Å². The molecule has 1 aliphatic rings. The number of benzene rings is 1. The molecule has 0 saturated carbocycles. The van der Waals surface area contributed by atoms with Crippen molar-refractivity contribution in [3.05, 3.63) is 60.3 Å². The first kappa shape index (κ1) is 17.8. The van der Waals surface area contributed by atoms with Crippen LogP contribution in [0.4, 0.5) is 4.39 Å². The molecule has 2 aromatic heterocycles. The van der Waals surface area contributed by atoms with Crippen LogP contribution in [0.2, 0.25) is 0 Å². The first-order valence-corrected chi connectivity index (χ1v) is 9.14. The topological polar surface area (TPSA) is 82.9 Å². The molecule has 1 aliphatic heterocycles. The molecular weight excluding hydrogens is 343 g/mol. The molecule has 0 amide bonds. The summed E-state index contributed by atoms with van der Waals surface area (Å²) in [5.74, 6) is -0.258. The fourth-order valence-corrected chi connectivity index (χ4v) is 3.59. The Morgan fingerprint density at radius 3 is 2.63 bits per heavy atom. The molecule has 4 N–H and O–H groups in total. The summed E-state index contributed by atoms with van der Waals surface area (Å²) in [6.45, 7) is 4.11. The van der Waals surface area contributed by atoms with Crippen LogP contribution < -0.4 is 11.1 Å². The lowest BCUT2D eigenvalue weighted by Crippen LogP contribution is -2.53. The highest BCUT2D eigenvalue weighted by Gasteiger charge is 2.24. The molecule has 1 fully saturated rings. The molecule has 7 heteroatoms. The van der Waals surface area contributed by atoms with Gasteiger partial charge in [-0.3, -0.25) is 15.0 Å². The van der Waals surface area contributed by atoms with E-state index in [9.17, 15) is 4.39 Å². The summed E-state index contributed by atoms with van der Waals surface area (Å²) in [4.78, 5) is 6.50. The van der Waals surface area contributed by atoms with Crippen molar-refractivity contribution in [2.24, 2.45) is 5.73 Å². The minimum Gasteiger partial charge on any atom is -0.329 e. The van der Waals surface area contributed by atoms with Crippen LogP contribution in [0.1, 0.15) is 5.69 Å². The molecule has 3 aromatic rings. The van der Waals surface area contributed by atoms with E-state index in [0.29, 0.717) is 12.6 Å². The second-order valence-electron chi connectivity index (χ2n) is 6.73. The number of pyridine rings is 1. The Hall–Kier alpha value is -2.61. The number of halogens is 1. The SMILES string of the molecule is NCC1CNCCN1Cc1[nH]nc(-c2ccc(F)cc2)c1-c1ccncc1. The molecule has 4 rings (SSSR count). The van der Waals surface area contributed by atoms with Gasteiger partial charge >= 0.3 is 0 Å². The quantitative estimate of drug-likeness (QED) is 0.643. The van der Waals surface area contributed by atoms with Crippen molar-refractivity contribution in [1.29, 1.82) is 0 Å². The highest BCUT2D eigenvalue weighted by Crippen LogP contribution is 2.34. The maximum atomic E-state index is 13.4. The van der Waals surface area contributed by atoms with E-state index in [1.165, 1.54) is 12.1 Å². The number of hydrogen-bond donors (Lipinski definition) is 3. The number of hydrogen-bond acceptors (Lipinski definition) is 5. The first-order chi connectivity index (χ1) is 13.3. The van der Waals surface area contributed by atoms with Crippen LogP contribution in [0.5, 0.6) is 0 Å². The first-order valence-electron chi connectivity index (χ1n) is 9.14. The molecule has 0 radical (unpaired) electrons. The highest BCUT2D eigenvalue weighted by atomic mass is 19.1. The second kappa shape index (κ2) is 7.96.